The minimum atomic E-state index is -1.03. The molecule has 0 unspecified atom stereocenters. The highest BCUT2D eigenvalue weighted by Gasteiger charge is 2.12. The zero-order valence-corrected chi connectivity index (χ0v) is 8.04. The Balaban J connectivity index is 3.11. The Hall–Kier alpha value is -1.58. The first-order valence-electron chi connectivity index (χ1n) is 4.04. The molecule has 0 N–H and O–H groups in total. The van der Waals surface area contributed by atoms with Crippen LogP contribution in [0.15, 0.2) is 18.2 Å². The second-order valence-corrected chi connectivity index (χ2v) is 2.62. The van der Waals surface area contributed by atoms with Crippen LogP contribution in [-0.2, 0) is 0 Å². The number of ether oxygens (including phenoxy) is 2. The SMILES string of the molecule is COc1ccc(C(=O)CF)c(OC)c1. The van der Waals surface area contributed by atoms with Crippen LogP contribution >= 0.6 is 0 Å². The summed E-state index contributed by atoms with van der Waals surface area (Å²) in [6, 6.07) is 4.62. The number of Topliss-reactive ketones (excluding diaryl/α,β-unsaturated/α-hetero) is 1. The van der Waals surface area contributed by atoms with E-state index in [-0.39, 0.29) is 5.56 Å². The maximum absolute atomic E-state index is 12.1. The van der Waals surface area contributed by atoms with Crippen LogP contribution in [0.2, 0.25) is 0 Å². The summed E-state index contributed by atoms with van der Waals surface area (Å²) >= 11 is 0. The standard InChI is InChI=1S/C10H11FO3/c1-13-7-3-4-8(9(12)6-11)10(5-7)14-2/h3-5H,6H2,1-2H3. The van der Waals surface area contributed by atoms with Crippen molar-refractivity contribution in [3.05, 3.63) is 23.8 Å². The fourth-order valence-corrected chi connectivity index (χ4v) is 1.10. The van der Waals surface area contributed by atoms with E-state index in [0.29, 0.717) is 11.5 Å². The number of carbonyl (C=O) groups excluding carboxylic acids is 1. The molecular formula is C10H11FO3. The summed E-state index contributed by atoms with van der Waals surface area (Å²) in [5, 5.41) is 0. The molecular weight excluding hydrogens is 187 g/mol. The number of hydrogen-bond donors (Lipinski definition) is 0. The van der Waals surface area contributed by atoms with Gasteiger partial charge in [-0.15, -0.1) is 0 Å². The van der Waals surface area contributed by atoms with E-state index in [2.05, 4.69) is 0 Å². The van der Waals surface area contributed by atoms with Gasteiger partial charge in [0.2, 0.25) is 0 Å². The highest BCUT2D eigenvalue weighted by atomic mass is 19.1. The zero-order chi connectivity index (χ0) is 10.6. The predicted molar refractivity (Wildman–Crippen MR) is 49.9 cm³/mol. The van der Waals surface area contributed by atoms with Crippen LogP contribution in [0.1, 0.15) is 10.4 Å². The molecule has 0 amide bonds. The smallest absolute Gasteiger partial charge is 0.197 e. The molecule has 0 aliphatic heterocycles. The molecule has 1 aromatic rings. The van der Waals surface area contributed by atoms with Gasteiger partial charge in [-0.1, -0.05) is 0 Å². The van der Waals surface area contributed by atoms with E-state index < -0.39 is 12.5 Å². The van der Waals surface area contributed by atoms with E-state index in [1.165, 1.54) is 20.3 Å². The maximum atomic E-state index is 12.1. The summed E-state index contributed by atoms with van der Waals surface area (Å²) in [5.41, 5.74) is 0.232. The van der Waals surface area contributed by atoms with Crippen LogP contribution in [0, 0.1) is 0 Å². The number of methoxy groups -OCH3 is 2. The van der Waals surface area contributed by atoms with Gasteiger partial charge in [-0.3, -0.25) is 4.79 Å². The molecule has 0 atom stereocenters. The van der Waals surface area contributed by atoms with E-state index in [9.17, 15) is 9.18 Å². The zero-order valence-electron chi connectivity index (χ0n) is 8.04. The number of hydrogen-bond acceptors (Lipinski definition) is 3. The Bertz CT molecular complexity index is 336. The molecule has 14 heavy (non-hydrogen) atoms. The van der Waals surface area contributed by atoms with Crippen LogP contribution in [0.25, 0.3) is 0 Å². The summed E-state index contributed by atoms with van der Waals surface area (Å²) in [5.74, 6) is 0.300. The van der Waals surface area contributed by atoms with Gasteiger partial charge in [0.15, 0.2) is 12.5 Å². The quantitative estimate of drug-likeness (QED) is 0.692. The normalized spacial score (nSPS) is 9.64. The highest BCUT2D eigenvalue weighted by Crippen LogP contribution is 2.24. The van der Waals surface area contributed by atoms with Crippen molar-refractivity contribution in [2.24, 2.45) is 0 Å². The molecule has 4 heteroatoms. The average Bonchev–Trinajstić information content (AvgIpc) is 2.27. The van der Waals surface area contributed by atoms with Crippen molar-refractivity contribution in [1.82, 2.24) is 0 Å². The van der Waals surface area contributed by atoms with Crippen molar-refractivity contribution in [3.8, 4) is 11.5 Å². The lowest BCUT2D eigenvalue weighted by molar-refractivity contribution is 0.0955. The average molecular weight is 198 g/mol. The molecule has 0 aliphatic rings. The minimum absolute atomic E-state index is 0.232. The minimum Gasteiger partial charge on any atom is -0.497 e. The third kappa shape index (κ3) is 2.02. The maximum Gasteiger partial charge on any atom is 0.197 e. The van der Waals surface area contributed by atoms with Gasteiger partial charge < -0.3 is 9.47 Å². The second kappa shape index (κ2) is 4.60. The highest BCUT2D eigenvalue weighted by molar-refractivity contribution is 5.99. The van der Waals surface area contributed by atoms with Crippen molar-refractivity contribution in [2.45, 2.75) is 0 Å². The number of carbonyl (C=O) groups is 1. The predicted octanol–water partition coefficient (Wildman–Crippen LogP) is 1.86. The number of benzene rings is 1. The molecule has 0 saturated heterocycles. The van der Waals surface area contributed by atoms with Crippen LogP contribution in [0.3, 0.4) is 0 Å². The van der Waals surface area contributed by atoms with Crippen molar-refractivity contribution < 1.29 is 18.7 Å². The molecule has 0 saturated carbocycles. The summed E-state index contributed by atoms with van der Waals surface area (Å²) < 4.78 is 22.0. The van der Waals surface area contributed by atoms with E-state index >= 15 is 0 Å². The van der Waals surface area contributed by atoms with Crippen LogP contribution in [-0.4, -0.2) is 26.7 Å². The lowest BCUT2D eigenvalue weighted by Gasteiger charge is -2.07. The molecule has 1 aromatic carbocycles. The third-order valence-corrected chi connectivity index (χ3v) is 1.83. The van der Waals surface area contributed by atoms with E-state index in [4.69, 9.17) is 9.47 Å². The van der Waals surface area contributed by atoms with Crippen molar-refractivity contribution in [3.63, 3.8) is 0 Å². The van der Waals surface area contributed by atoms with Gasteiger partial charge in [0.05, 0.1) is 19.8 Å². The third-order valence-electron chi connectivity index (χ3n) is 1.83. The summed E-state index contributed by atoms with van der Waals surface area (Å²) in [6.07, 6.45) is 0. The van der Waals surface area contributed by atoms with Crippen molar-refractivity contribution in [2.75, 3.05) is 20.9 Å². The lowest BCUT2D eigenvalue weighted by atomic mass is 10.1. The molecule has 76 valence electrons. The van der Waals surface area contributed by atoms with Crippen LogP contribution in [0.5, 0.6) is 11.5 Å². The van der Waals surface area contributed by atoms with Crippen molar-refractivity contribution in [1.29, 1.82) is 0 Å². The molecule has 3 nitrogen and oxygen atoms in total. The molecule has 0 bridgehead atoms. The number of halogens is 1. The molecule has 0 fully saturated rings. The first kappa shape index (κ1) is 10.5. The fraction of sp³-hybridized carbons (Fsp3) is 0.300. The first-order valence-corrected chi connectivity index (χ1v) is 4.04. The van der Waals surface area contributed by atoms with Gasteiger partial charge in [0, 0.05) is 6.07 Å². The van der Waals surface area contributed by atoms with E-state index in [1.807, 2.05) is 0 Å². The lowest BCUT2D eigenvalue weighted by Crippen LogP contribution is -2.03. The second-order valence-electron chi connectivity index (χ2n) is 2.62. The summed E-state index contributed by atoms with van der Waals surface area (Å²) in [6.45, 7) is -1.03. The molecule has 0 spiro atoms. The van der Waals surface area contributed by atoms with Gasteiger partial charge in [0.1, 0.15) is 11.5 Å². The molecule has 1 rings (SSSR count). The monoisotopic (exact) mass is 198 g/mol. The topological polar surface area (TPSA) is 35.5 Å². The van der Waals surface area contributed by atoms with Gasteiger partial charge in [0.25, 0.3) is 0 Å². The van der Waals surface area contributed by atoms with Crippen molar-refractivity contribution >= 4 is 5.78 Å². The molecule has 0 radical (unpaired) electrons. The number of ketones is 1. The molecule has 0 heterocycles. The Kier molecular flexibility index (Phi) is 3.45. The van der Waals surface area contributed by atoms with Gasteiger partial charge in [-0.05, 0) is 12.1 Å². The van der Waals surface area contributed by atoms with E-state index in [0.717, 1.165) is 0 Å². The Morgan fingerprint density at radius 1 is 1.36 bits per heavy atom. The molecule has 0 aliphatic carbocycles. The number of rotatable bonds is 4. The Labute approximate surface area is 81.4 Å². The fourth-order valence-electron chi connectivity index (χ4n) is 1.10. The van der Waals surface area contributed by atoms with Gasteiger partial charge >= 0.3 is 0 Å². The Morgan fingerprint density at radius 3 is 2.57 bits per heavy atom. The largest absolute Gasteiger partial charge is 0.497 e. The van der Waals surface area contributed by atoms with Gasteiger partial charge in [-0.2, -0.15) is 0 Å². The van der Waals surface area contributed by atoms with Crippen LogP contribution < -0.4 is 9.47 Å². The van der Waals surface area contributed by atoms with Crippen LogP contribution in [0.4, 0.5) is 4.39 Å². The molecule has 0 aromatic heterocycles. The first-order chi connectivity index (χ1) is 6.72. The number of alkyl halides is 1. The Morgan fingerprint density at radius 2 is 2.07 bits per heavy atom. The van der Waals surface area contributed by atoms with Gasteiger partial charge in [-0.25, -0.2) is 4.39 Å². The summed E-state index contributed by atoms with van der Waals surface area (Å²) in [4.78, 5) is 11.1. The van der Waals surface area contributed by atoms with E-state index in [1.54, 1.807) is 12.1 Å². The summed E-state index contributed by atoms with van der Waals surface area (Å²) in [7, 11) is 2.93.